The van der Waals surface area contributed by atoms with Gasteiger partial charge in [-0.1, -0.05) is 0 Å². The van der Waals surface area contributed by atoms with E-state index in [2.05, 4.69) is 4.72 Å². The SMILES string of the molecule is COCC(C)NS(=O)(=O)CC#N. The summed E-state index contributed by atoms with van der Waals surface area (Å²) in [4.78, 5) is 0. The fourth-order valence-electron chi connectivity index (χ4n) is 0.717. The van der Waals surface area contributed by atoms with Crippen LogP contribution < -0.4 is 4.72 Å². The van der Waals surface area contributed by atoms with Crippen molar-refractivity contribution >= 4 is 10.0 Å². The first kappa shape index (κ1) is 11.4. The molecule has 0 saturated heterocycles. The lowest BCUT2D eigenvalue weighted by molar-refractivity contribution is 0.180. The van der Waals surface area contributed by atoms with Crippen molar-refractivity contribution in [3.8, 4) is 6.07 Å². The van der Waals surface area contributed by atoms with E-state index in [1.54, 1.807) is 13.0 Å². The smallest absolute Gasteiger partial charge is 0.225 e. The zero-order valence-electron chi connectivity index (χ0n) is 7.07. The molecule has 12 heavy (non-hydrogen) atoms. The van der Waals surface area contributed by atoms with Gasteiger partial charge in [-0.2, -0.15) is 5.26 Å². The lowest BCUT2D eigenvalue weighted by Gasteiger charge is -2.10. The molecule has 0 aliphatic heterocycles. The Balaban J connectivity index is 3.99. The van der Waals surface area contributed by atoms with Crippen molar-refractivity contribution in [3.05, 3.63) is 0 Å². The second kappa shape index (κ2) is 5.09. The largest absolute Gasteiger partial charge is 0.383 e. The molecule has 0 aromatic heterocycles. The minimum absolute atomic E-state index is 0.296. The van der Waals surface area contributed by atoms with Crippen LogP contribution in [0, 0.1) is 11.3 Å². The van der Waals surface area contributed by atoms with Crippen molar-refractivity contribution in [2.45, 2.75) is 13.0 Å². The Morgan fingerprint density at radius 3 is 2.67 bits per heavy atom. The Kier molecular flexibility index (Phi) is 4.81. The highest BCUT2D eigenvalue weighted by molar-refractivity contribution is 7.89. The molecule has 0 aromatic carbocycles. The average molecular weight is 192 g/mol. The van der Waals surface area contributed by atoms with Gasteiger partial charge in [-0.3, -0.25) is 0 Å². The number of hydrogen-bond acceptors (Lipinski definition) is 4. The molecule has 0 aromatic rings. The third-order valence-corrected chi connectivity index (χ3v) is 2.32. The molecule has 1 unspecified atom stereocenters. The second-order valence-electron chi connectivity index (χ2n) is 2.39. The van der Waals surface area contributed by atoms with E-state index in [0.29, 0.717) is 6.61 Å². The molecule has 5 nitrogen and oxygen atoms in total. The van der Waals surface area contributed by atoms with E-state index < -0.39 is 15.8 Å². The number of nitrogens with one attached hydrogen (secondary N) is 1. The molecule has 1 N–H and O–H groups in total. The van der Waals surface area contributed by atoms with Crippen LogP contribution in [0.1, 0.15) is 6.92 Å². The summed E-state index contributed by atoms with van der Waals surface area (Å²) in [5.41, 5.74) is 0. The summed E-state index contributed by atoms with van der Waals surface area (Å²) >= 11 is 0. The van der Waals surface area contributed by atoms with Gasteiger partial charge < -0.3 is 4.74 Å². The number of rotatable bonds is 5. The number of nitrogens with zero attached hydrogens (tertiary/aromatic N) is 1. The minimum Gasteiger partial charge on any atom is -0.383 e. The van der Waals surface area contributed by atoms with E-state index >= 15 is 0 Å². The summed E-state index contributed by atoms with van der Waals surface area (Å²) in [5, 5.41) is 8.14. The van der Waals surface area contributed by atoms with Crippen molar-refractivity contribution in [1.82, 2.24) is 4.72 Å². The Hall–Kier alpha value is -0.640. The maximum absolute atomic E-state index is 10.9. The highest BCUT2D eigenvalue weighted by Gasteiger charge is 2.12. The molecule has 6 heteroatoms. The Morgan fingerprint density at radius 1 is 1.67 bits per heavy atom. The van der Waals surface area contributed by atoms with Crippen molar-refractivity contribution in [2.24, 2.45) is 0 Å². The van der Waals surface area contributed by atoms with E-state index in [1.807, 2.05) is 0 Å². The maximum Gasteiger partial charge on any atom is 0.225 e. The molecule has 0 amide bonds. The van der Waals surface area contributed by atoms with Gasteiger partial charge >= 0.3 is 0 Å². The van der Waals surface area contributed by atoms with Gasteiger partial charge in [0.15, 0.2) is 5.75 Å². The fourth-order valence-corrected chi connectivity index (χ4v) is 1.65. The second-order valence-corrected chi connectivity index (χ2v) is 4.15. The predicted molar refractivity (Wildman–Crippen MR) is 43.9 cm³/mol. The average Bonchev–Trinajstić information content (AvgIpc) is 1.85. The number of sulfonamides is 1. The van der Waals surface area contributed by atoms with E-state index in [4.69, 9.17) is 10.00 Å². The predicted octanol–water partition coefficient (Wildman–Crippen LogP) is -0.536. The third kappa shape index (κ3) is 5.07. The monoisotopic (exact) mass is 192 g/mol. The van der Waals surface area contributed by atoms with Gasteiger partial charge in [0.1, 0.15) is 0 Å². The van der Waals surface area contributed by atoms with Crippen LogP contribution in [0.2, 0.25) is 0 Å². The molecule has 0 rings (SSSR count). The standard InChI is InChI=1S/C6H12N2O3S/c1-6(5-11-2)8-12(9,10)4-3-7/h6,8H,4-5H2,1-2H3. The third-order valence-electron chi connectivity index (χ3n) is 1.05. The molecule has 70 valence electrons. The molecule has 0 fully saturated rings. The van der Waals surface area contributed by atoms with Crippen LogP contribution in [0.3, 0.4) is 0 Å². The summed E-state index contributed by atoms with van der Waals surface area (Å²) in [6.45, 7) is 1.96. The lowest BCUT2D eigenvalue weighted by atomic mass is 10.4. The molecule has 0 aliphatic rings. The molecule has 0 heterocycles. The molecule has 0 aliphatic carbocycles. The lowest BCUT2D eigenvalue weighted by Crippen LogP contribution is -2.36. The fraction of sp³-hybridized carbons (Fsp3) is 0.833. The van der Waals surface area contributed by atoms with Gasteiger partial charge in [-0.15, -0.1) is 0 Å². The maximum atomic E-state index is 10.9. The minimum atomic E-state index is -3.44. The summed E-state index contributed by atoms with van der Waals surface area (Å²) in [5.74, 6) is -0.513. The highest BCUT2D eigenvalue weighted by Crippen LogP contribution is 1.88. The molecule has 1 atom stereocenters. The Morgan fingerprint density at radius 2 is 2.25 bits per heavy atom. The first-order valence-electron chi connectivity index (χ1n) is 3.37. The first-order chi connectivity index (χ1) is 5.52. The van der Waals surface area contributed by atoms with Gasteiger partial charge in [0.25, 0.3) is 0 Å². The topological polar surface area (TPSA) is 79.2 Å². The molecule has 0 bridgehead atoms. The molecular formula is C6H12N2O3S. The van der Waals surface area contributed by atoms with Crippen LogP contribution in [-0.2, 0) is 14.8 Å². The zero-order chi connectivity index (χ0) is 9.61. The van der Waals surface area contributed by atoms with Crippen LogP contribution >= 0.6 is 0 Å². The van der Waals surface area contributed by atoms with Crippen molar-refractivity contribution < 1.29 is 13.2 Å². The van der Waals surface area contributed by atoms with E-state index in [0.717, 1.165) is 0 Å². The van der Waals surface area contributed by atoms with Crippen molar-refractivity contribution in [3.63, 3.8) is 0 Å². The Labute approximate surface area is 72.4 Å². The van der Waals surface area contributed by atoms with Crippen molar-refractivity contribution in [1.29, 1.82) is 5.26 Å². The number of ether oxygens (including phenoxy) is 1. The van der Waals surface area contributed by atoms with E-state index in [9.17, 15) is 8.42 Å². The number of hydrogen-bond donors (Lipinski definition) is 1. The molecule has 0 spiro atoms. The number of methoxy groups -OCH3 is 1. The van der Waals surface area contributed by atoms with Gasteiger partial charge in [0.2, 0.25) is 10.0 Å². The first-order valence-corrected chi connectivity index (χ1v) is 5.03. The van der Waals surface area contributed by atoms with Crippen molar-refractivity contribution in [2.75, 3.05) is 19.5 Å². The van der Waals surface area contributed by atoms with Gasteiger partial charge in [-0.05, 0) is 6.92 Å². The molecule has 0 radical (unpaired) electrons. The van der Waals surface area contributed by atoms with Crippen LogP contribution in [0.25, 0.3) is 0 Å². The number of nitriles is 1. The van der Waals surface area contributed by atoms with E-state index in [-0.39, 0.29) is 6.04 Å². The van der Waals surface area contributed by atoms with Gasteiger partial charge in [-0.25, -0.2) is 13.1 Å². The van der Waals surface area contributed by atoms with Crippen LogP contribution in [-0.4, -0.2) is 33.9 Å². The summed E-state index contributed by atoms with van der Waals surface area (Å²) in [7, 11) is -1.96. The highest BCUT2D eigenvalue weighted by atomic mass is 32.2. The summed E-state index contributed by atoms with van der Waals surface area (Å²) in [6.07, 6.45) is 0. The van der Waals surface area contributed by atoms with Gasteiger partial charge in [0, 0.05) is 13.2 Å². The molecule has 0 saturated carbocycles. The summed E-state index contributed by atoms with van der Waals surface area (Å²) < 4.78 is 28.9. The molecular weight excluding hydrogens is 180 g/mol. The van der Waals surface area contributed by atoms with E-state index in [1.165, 1.54) is 7.11 Å². The van der Waals surface area contributed by atoms with Crippen LogP contribution in [0.5, 0.6) is 0 Å². The summed E-state index contributed by atoms with van der Waals surface area (Å²) in [6, 6.07) is 1.27. The van der Waals surface area contributed by atoms with Crippen LogP contribution in [0.4, 0.5) is 0 Å². The van der Waals surface area contributed by atoms with Gasteiger partial charge in [0.05, 0.1) is 12.7 Å². The normalized spacial score (nSPS) is 13.8. The van der Waals surface area contributed by atoms with Crippen LogP contribution in [0.15, 0.2) is 0 Å². The zero-order valence-corrected chi connectivity index (χ0v) is 7.89. The Bertz CT molecular complexity index is 254. The quantitative estimate of drug-likeness (QED) is 0.634.